The third-order valence-corrected chi connectivity index (χ3v) is 10.0. The summed E-state index contributed by atoms with van der Waals surface area (Å²) in [5.41, 5.74) is 12.3. The van der Waals surface area contributed by atoms with Gasteiger partial charge in [-0.15, -0.1) is 5.10 Å². The minimum Gasteiger partial charge on any atom is -0.487 e. The number of hydrogen-bond acceptors (Lipinski definition) is 6. The first kappa shape index (κ1) is 28.0. The van der Waals surface area contributed by atoms with Crippen LogP contribution in [-0.4, -0.2) is 48.6 Å². The normalized spacial score (nSPS) is 21.8. The van der Waals surface area contributed by atoms with Crippen LogP contribution in [0.4, 0.5) is 0 Å². The molecule has 2 aliphatic carbocycles. The fourth-order valence-corrected chi connectivity index (χ4v) is 7.48. The van der Waals surface area contributed by atoms with E-state index in [9.17, 15) is 9.90 Å². The van der Waals surface area contributed by atoms with Gasteiger partial charge in [-0.1, -0.05) is 30.3 Å². The Morgan fingerprint density at radius 1 is 1.14 bits per heavy atom. The van der Waals surface area contributed by atoms with Crippen molar-refractivity contribution >= 4 is 17.0 Å². The van der Waals surface area contributed by atoms with Gasteiger partial charge < -0.3 is 9.84 Å². The Balaban J connectivity index is 1.31. The van der Waals surface area contributed by atoms with E-state index in [1.165, 1.54) is 51.7 Å². The number of aliphatic carboxylic acids is 1. The zero-order chi connectivity index (χ0) is 29.8. The molecule has 2 aromatic carbocycles. The van der Waals surface area contributed by atoms with Gasteiger partial charge in [0.25, 0.3) is 0 Å². The fraction of sp³-hybridized carbons (Fsp3) is 0.486. The Kier molecular flexibility index (Phi) is 7.20. The summed E-state index contributed by atoms with van der Waals surface area (Å²) in [7, 11) is 2.00. The van der Waals surface area contributed by atoms with Crippen LogP contribution >= 0.6 is 0 Å². The van der Waals surface area contributed by atoms with Gasteiger partial charge in [-0.05, 0) is 109 Å². The molecule has 7 rings (SSSR count). The summed E-state index contributed by atoms with van der Waals surface area (Å²) in [5, 5.41) is 18.5. The van der Waals surface area contributed by atoms with Crippen molar-refractivity contribution in [3.63, 3.8) is 0 Å². The number of fused-ring (bicyclic) bond motifs is 3. The molecule has 43 heavy (non-hydrogen) atoms. The highest BCUT2D eigenvalue weighted by Crippen LogP contribution is 2.48. The molecule has 2 aromatic heterocycles. The van der Waals surface area contributed by atoms with Crippen molar-refractivity contribution in [2.75, 3.05) is 6.54 Å². The third kappa shape index (κ3) is 5.09. The van der Waals surface area contributed by atoms with Crippen molar-refractivity contribution in [1.82, 2.24) is 24.9 Å². The molecule has 3 atom stereocenters. The number of carboxylic acids is 1. The lowest BCUT2D eigenvalue weighted by Gasteiger charge is -2.29. The van der Waals surface area contributed by atoms with Crippen molar-refractivity contribution in [2.24, 2.45) is 7.05 Å². The zero-order valence-corrected chi connectivity index (χ0v) is 25.6. The molecular formula is C35H41N5O3. The largest absolute Gasteiger partial charge is 0.487 e. The minimum atomic E-state index is -0.761. The summed E-state index contributed by atoms with van der Waals surface area (Å²) < 4.78 is 8.34. The van der Waals surface area contributed by atoms with Crippen LogP contribution < -0.4 is 4.74 Å². The molecule has 0 radical (unpaired) electrons. The molecule has 0 amide bonds. The van der Waals surface area contributed by atoms with E-state index < -0.39 is 5.97 Å². The van der Waals surface area contributed by atoms with Crippen LogP contribution in [0, 0.1) is 6.92 Å². The second-order valence-corrected chi connectivity index (χ2v) is 12.8. The van der Waals surface area contributed by atoms with Crippen LogP contribution in [0.1, 0.15) is 108 Å². The molecule has 8 nitrogen and oxygen atoms in total. The molecular weight excluding hydrogens is 538 g/mol. The van der Waals surface area contributed by atoms with Gasteiger partial charge in [0.1, 0.15) is 17.4 Å². The maximum absolute atomic E-state index is 11.6. The van der Waals surface area contributed by atoms with E-state index in [-0.39, 0.29) is 24.5 Å². The van der Waals surface area contributed by atoms with Crippen molar-refractivity contribution in [3.8, 4) is 5.75 Å². The topological polar surface area (TPSA) is 93.4 Å². The highest BCUT2D eigenvalue weighted by Gasteiger charge is 2.35. The smallest absolute Gasteiger partial charge is 0.303 e. The predicted molar refractivity (Wildman–Crippen MR) is 166 cm³/mol. The number of rotatable bonds is 8. The molecule has 0 unspecified atom stereocenters. The van der Waals surface area contributed by atoms with E-state index in [0.717, 1.165) is 54.9 Å². The number of pyridine rings is 1. The number of carboxylic acid groups (broad SMARTS) is 1. The van der Waals surface area contributed by atoms with Gasteiger partial charge in [0.05, 0.1) is 17.3 Å². The summed E-state index contributed by atoms with van der Waals surface area (Å²) in [6, 6.07) is 11.1. The Labute approximate surface area is 253 Å². The van der Waals surface area contributed by atoms with E-state index >= 15 is 0 Å². The highest BCUT2D eigenvalue weighted by molar-refractivity contribution is 5.84. The van der Waals surface area contributed by atoms with Crippen LogP contribution in [0.25, 0.3) is 11.0 Å². The second-order valence-electron chi connectivity index (χ2n) is 12.8. The van der Waals surface area contributed by atoms with Crippen LogP contribution in [0.5, 0.6) is 5.75 Å². The monoisotopic (exact) mass is 579 g/mol. The standard InChI is InChI=1S/C35H41N5O3/c1-5-25-19-40(21(3)34-31(43-25)7-6-14-36-34)18-24-15-22(8-13-32(41)42)16-30-26(24)11-12-27(30)28-17-29(23-9-10-23)35-33(20(28)2)37-38-39(35)4/h6-7,14-17,21,23,25,27H,5,8-13,18-19H2,1-4H3,(H,41,42)/t21-,25+,27+/m0/s1. The molecule has 0 saturated heterocycles. The maximum atomic E-state index is 11.6. The minimum absolute atomic E-state index is 0.0890. The quantitative estimate of drug-likeness (QED) is 0.259. The molecule has 0 spiro atoms. The summed E-state index contributed by atoms with van der Waals surface area (Å²) >= 11 is 0. The van der Waals surface area contributed by atoms with Crippen LogP contribution in [0.15, 0.2) is 36.5 Å². The number of ether oxygens (including phenoxy) is 1. The van der Waals surface area contributed by atoms with Gasteiger partial charge in [0.2, 0.25) is 0 Å². The van der Waals surface area contributed by atoms with E-state index in [0.29, 0.717) is 12.3 Å². The zero-order valence-electron chi connectivity index (χ0n) is 25.6. The van der Waals surface area contributed by atoms with E-state index in [2.05, 4.69) is 54.2 Å². The molecule has 1 N–H and O–H groups in total. The summed E-state index contributed by atoms with van der Waals surface area (Å²) in [6.45, 7) is 8.20. The Hall–Kier alpha value is -3.78. The molecule has 8 heteroatoms. The number of hydrogen-bond donors (Lipinski definition) is 1. The maximum Gasteiger partial charge on any atom is 0.303 e. The Morgan fingerprint density at radius 2 is 1.98 bits per heavy atom. The van der Waals surface area contributed by atoms with Gasteiger partial charge in [-0.25, -0.2) is 4.68 Å². The number of benzene rings is 2. The highest BCUT2D eigenvalue weighted by atomic mass is 16.5. The average Bonchev–Trinajstić information content (AvgIpc) is 3.67. The molecule has 1 fully saturated rings. The van der Waals surface area contributed by atoms with Crippen LogP contribution in [0.2, 0.25) is 0 Å². The van der Waals surface area contributed by atoms with E-state index in [4.69, 9.17) is 9.72 Å². The first-order chi connectivity index (χ1) is 20.8. The lowest BCUT2D eigenvalue weighted by Crippen LogP contribution is -2.34. The summed E-state index contributed by atoms with van der Waals surface area (Å²) in [4.78, 5) is 18.8. The molecule has 0 bridgehead atoms. The Bertz CT molecular complexity index is 1710. The van der Waals surface area contributed by atoms with Gasteiger partial charge in [-0.2, -0.15) is 0 Å². The van der Waals surface area contributed by atoms with Crippen molar-refractivity contribution in [1.29, 1.82) is 0 Å². The molecule has 1 saturated carbocycles. The van der Waals surface area contributed by atoms with Crippen molar-refractivity contribution < 1.29 is 14.6 Å². The fourth-order valence-electron chi connectivity index (χ4n) is 7.48. The number of carbonyl (C=O) groups is 1. The SMILES string of the molecule is CC[C@@H]1CN(Cc2cc(CCC(=O)O)cc3c2CC[C@@H]3c2cc(C3CC3)c3c(nnn3C)c2C)[C@@H](C)c2ncccc2O1. The number of aromatic nitrogens is 4. The summed E-state index contributed by atoms with van der Waals surface area (Å²) in [5.74, 6) is 0.972. The van der Waals surface area contributed by atoms with E-state index in [1.54, 1.807) is 0 Å². The second kappa shape index (κ2) is 11.1. The molecule has 3 aliphatic rings. The van der Waals surface area contributed by atoms with Crippen molar-refractivity contribution in [3.05, 3.63) is 81.2 Å². The van der Waals surface area contributed by atoms with Gasteiger partial charge >= 0.3 is 5.97 Å². The number of aryl methyl sites for hydroxylation is 3. The van der Waals surface area contributed by atoms with E-state index in [1.807, 2.05) is 30.1 Å². The molecule has 3 heterocycles. The van der Waals surface area contributed by atoms with Gasteiger partial charge in [-0.3, -0.25) is 14.7 Å². The number of nitrogens with zero attached hydrogens (tertiary/aromatic N) is 5. The Morgan fingerprint density at radius 3 is 2.74 bits per heavy atom. The average molecular weight is 580 g/mol. The van der Waals surface area contributed by atoms with Crippen molar-refractivity contribution in [2.45, 2.75) is 96.2 Å². The van der Waals surface area contributed by atoms with Crippen LogP contribution in [0.3, 0.4) is 0 Å². The van der Waals surface area contributed by atoms with Crippen LogP contribution in [-0.2, 0) is 31.2 Å². The first-order valence-corrected chi connectivity index (χ1v) is 15.9. The lowest BCUT2D eigenvalue weighted by molar-refractivity contribution is -0.136. The first-order valence-electron chi connectivity index (χ1n) is 15.9. The third-order valence-electron chi connectivity index (χ3n) is 10.0. The van der Waals surface area contributed by atoms with Gasteiger partial charge in [0.15, 0.2) is 0 Å². The molecule has 1 aliphatic heterocycles. The van der Waals surface area contributed by atoms with Gasteiger partial charge in [0, 0.05) is 38.7 Å². The molecule has 4 aromatic rings. The predicted octanol–water partition coefficient (Wildman–Crippen LogP) is 6.38. The summed E-state index contributed by atoms with van der Waals surface area (Å²) in [6.07, 6.45) is 8.02. The molecule has 224 valence electrons. The lowest BCUT2D eigenvalue weighted by atomic mass is 9.85.